The predicted molar refractivity (Wildman–Crippen MR) is 89.2 cm³/mol. The van der Waals surface area contributed by atoms with Crippen LogP contribution in [0, 0.1) is 0 Å². The summed E-state index contributed by atoms with van der Waals surface area (Å²) in [7, 11) is -3.70. The number of rotatable bonds is 4. The maximum absolute atomic E-state index is 11.5. The van der Waals surface area contributed by atoms with Gasteiger partial charge in [0, 0.05) is 18.3 Å². The fraction of sp³-hybridized carbons (Fsp3) is 0.143. The maximum atomic E-state index is 11.5. The van der Waals surface area contributed by atoms with Gasteiger partial charge in [0.15, 0.2) is 0 Å². The first kappa shape index (κ1) is 17.4. The maximum Gasteiger partial charge on any atom is 0.274 e. The lowest BCUT2D eigenvalue weighted by molar-refractivity contribution is -0.115. The highest BCUT2D eigenvalue weighted by Crippen LogP contribution is 2.31. The molecule has 1 aromatic heterocycles. The number of carbonyl (C=O) groups excluding carboxylic acids is 1. The summed E-state index contributed by atoms with van der Waals surface area (Å²) >= 11 is 0. The fourth-order valence-corrected chi connectivity index (χ4v) is 2.74. The standard InChI is InChI=1S/C14H14N4O3S.ClH/c15-22(20,21)17-8-9-1-3-10(4-2-9)11-5-6-16-14-12(11)7-13(19)18-14;/h1-6,17H,7-8H2,(H2,15,20,21)(H,16,18,19);1H. The summed E-state index contributed by atoms with van der Waals surface area (Å²) in [6, 6.07) is 9.23. The number of nitrogens with two attached hydrogens (primary N) is 1. The monoisotopic (exact) mass is 354 g/mol. The Kier molecular flexibility index (Phi) is 5.00. The molecule has 0 fully saturated rings. The highest BCUT2D eigenvalue weighted by molar-refractivity contribution is 7.87. The van der Waals surface area contributed by atoms with Crippen molar-refractivity contribution in [1.82, 2.24) is 9.71 Å². The molecule has 122 valence electrons. The highest BCUT2D eigenvalue weighted by atomic mass is 35.5. The summed E-state index contributed by atoms with van der Waals surface area (Å²) in [5.41, 5.74) is 3.55. The molecule has 1 aliphatic rings. The summed E-state index contributed by atoms with van der Waals surface area (Å²) in [6.45, 7) is 0.133. The molecule has 2 heterocycles. The van der Waals surface area contributed by atoms with Crippen LogP contribution in [0.4, 0.5) is 5.82 Å². The molecule has 0 bridgehead atoms. The van der Waals surface area contributed by atoms with E-state index in [9.17, 15) is 13.2 Å². The summed E-state index contributed by atoms with van der Waals surface area (Å²) in [4.78, 5) is 15.6. The Morgan fingerprint density at radius 3 is 2.57 bits per heavy atom. The van der Waals surface area contributed by atoms with Crippen molar-refractivity contribution in [2.24, 2.45) is 5.14 Å². The van der Waals surface area contributed by atoms with Crippen molar-refractivity contribution in [1.29, 1.82) is 0 Å². The van der Waals surface area contributed by atoms with E-state index in [1.165, 1.54) is 0 Å². The number of carbonyl (C=O) groups is 1. The Balaban J connectivity index is 0.00000192. The zero-order chi connectivity index (χ0) is 15.7. The van der Waals surface area contributed by atoms with Crippen LogP contribution in [0.3, 0.4) is 0 Å². The molecule has 0 atom stereocenters. The highest BCUT2D eigenvalue weighted by Gasteiger charge is 2.22. The van der Waals surface area contributed by atoms with Gasteiger partial charge in [0.2, 0.25) is 5.91 Å². The summed E-state index contributed by atoms with van der Waals surface area (Å²) in [5.74, 6) is 0.534. The van der Waals surface area contributed by atoms with Gasteiger partial charge in [0.25, 0.3) is 10.2 Å². The number of fused-ring (bicyclic) bond motifs is 1. The second-order valence-electron chi connectivity index (χ2n) is 4.97. The molecule has 0 saturated heterocycles. The second kappa shape index (κ2) is 6.63. The average Bonchev–Trinajstić information content (AvgIpc) is 2.85. The number of aromatic nitrogens is 1. The van der Waals surface area contributed by atoms with Gasteiger partial charge in [0.1, 0.15) is 5.82 Å². The molecule has 1 aliphatic heterocycles. The molecule has 1 aromatic carbocycles. The third kappa shape index (κ3) is 4.05. The van der Waals surface area contributed by atoms with Gasteiger partial charge in [-0.25, -0.2) is 10.1 Å². The summed E-state index contributed by atoms with van der Waals surface area (Å²) in [6.07, 6.45) is 1.96. The van der Waals surface area contributed by atoms with Crippen LogP contribution in [0.5, 0.6) is 0 Å². The third-order valence-corrected chi connectivity index (χ3v) is 3.94. The zero-order valence-corrected chi connectivity index (χ0v) is 13.6. The number of nitrogens with zero attached hydrogens (tertiary/aromatic N) is 1. The lowest BCUT2D eigenvalue weighted by Crippen LogP contribution is -2.30. The van der Waals surface area contributed by atoms with Crippen LogP contribution >= 0.6 is 12.4 Å². The van der Waals surface area contributed by atoms with Crippen LogP contribution in [0.15, 0.2) is 36.5 Å². The first-order valence-electron chi connectivity index (χ1n) is 6.57. The van der Waals surface area contributed by atoms with Gasteiger partial charge in [-0.1, -0.05) is 24.3 Å². The van der Waals surface area contributed by atoms with Crippen LogP contribution in [0.1, 0.15) is 11.1 Å². The van der Waals surface area contributed by atoms with E-state index in [-0.39, 0.29) is 24.9 Å². The molecule has 9 heteroatoms. The van der Waals surface area contributed by atoms with Gasteiger partial charge in [-0.15, -0.1) is 12.4 Å². The first-order valence-corrected chi connectivity index (χ1v) is 8.11. The smallest absolute Gasteiger partial charge is 0.274 e. The summed E-state index contributed by atoms with van der Waals surface area (Å²) in [5, 5.41) is 7.61. The van der Waals surface area contributed by atoms with Crippen LogP contribution in [0.2, 0.25) is 0 Å². The minimum atomic E-state index is -3.70. The largest absolute Gasteiger partial charge is 0.310 e. The Labute approximate surface area is 139 Å². The number of nitrogens with one attached hydrogen (secondary N) is 2. The van der Waals surface area contributed by atoms with E-state index in [0.29, 0.717) is 12.2 Å². The number of anilines is 1. The van der Waals surface area contributed by atoms with Crippen molar-refractivity contribution in [3.05, 3.63) is 47.7 Å². The molecule has 0 spiro atoms. The van der Waals surface area contributed by atoms with Crippen molar-refractivity contribution in [2.45, 2.75) is 13.0 Å². The normalized spacial score (nSPS) is 13.2. The van der Waals surface area contributed by atoms with Crippen LogP contribution in [0.25, 0.3) is 11.1 Å². The molecule has 2 aromatic rings. The van der Waals surface area contributed by atoms with Crippen LogP contribution in [-0.2, 0) is 28.0 Å². The first-order chi connectivity index (χ1) is 10.4. The minimum Gasteiger partial charge on any atom is -0.310 e. The number of amides is 1. The van der Waals surface area contributed by atoms with E-state index in [1.807, 2.05) is 30.3 Å². The lowest BCUT2D eigenvalue weighted by Gasteiger charge is -2.08. The van der Waals surface area contributed by atoms with E-state index in [0.717, 1.165) is 22.3 Å². The van der Waals surface area contributed by atoms with Crippen LogP contribution < -0.4 is 15.2 Å². The second-order valence-corrected chi connectivity index (χ2v) is 6.35. The zero-order valence-electron chi connectivity index (χ0n) is 11.9. The quantitative estimate of drug-likeness (QED) is 0.758. The Hall–Kier alpha value is -2.00. The third-order valence-electron chi connectivity index (χ3n) is 3.39. The van der Waals surface area contributed by atoms with E-state index < -0.39 is 10.2 Å². The molecule has 0 unspecified atom stereocenters. The number of halogens is 1. The van der Waals surface area contributed by atoms with Gasteiger partial charge in [0.05, 0.1) is 6.42 Å². The van der Waals surface area contributed by atoms with Crippen molar-refractivity contribution in [2.75, 3.05) is 5.32 Å². The van der Waals surface area contributed by atoms with E-state index >= 15 is 0 Å². The number of pyridine rings is 1. The van der Waals surface area contributed by atoms with Crippen molar-refractivity contribution < 1.29 is 13.2 Å². The molecule has 7 nitrogen and oxygen atoms in total. The molecule has 0 aliphatic carbocycles. The van der Waals surface area contributed by atoms with Gasteiger partial charge in [-0.3, -0.25) is 4.79 Å². The van der Waals surface area contributed by atoms with Gasteiger partial charge in [-0.05, 0) is 22.8 Å². The molecule has 1 amide bonds. The van der Waals surface area contributed by atoms with Crippen LogP contribution in [-0.4, -0.2) is 19.3 Å². The van der Waals surface area contributed by atoms with E-state index in [4.69, 9.17) is 5.14 Å². The average molecular weight is 355 g/mol. The van der Waals surface area contributed by atoms with Crippen molar-refractivity contribution in [3.63, 3.8) is 0 Å². The molecular formula is C14H15ClN4O3S. The van der Waals surface area contributed by atoms with Gasteiger partial charge < -0.3 is 5.32 Å². The Bertz CT molecular complexity index is 838. The minimum absolute atomic E-state index is 0. The van der Waals surface area contributed by atoms with E-state index in [1.54, 1.807) is 6.20 Å². The fourth-order valence-electron chi connectivity index (χ4n) is 2.37. The lowest BCUT2D eigenvalue weighted by atomic mass is 9.99. The molecule has 4 N–H and O–H groups in total. The molecule has 0 radical (unpaired) electrons. The number of benzene rings is 1. The van der Waals surface area contributed by atoms with Crippen molar-refractivity contribution >= 4 is 34.3 Å². The molecule has 0 saturated carbocycles. The predicted octanol–water partition coefficient (Wildman–Crippen LogP) is 0.958. The van der Waals surface area contributed by atoms with Gasteiger partial charge in [-0.2, -0.15) is 13.1 Å². The van der Waals surface area contributed by atoms with Crippen molar-refractivity contribution in [3.8, 4) is 11.1 Å². The van der Waals surface area contributed by atoms with Gasteiger partial charge >= 0.3 is 0 Å². The Morgan fingerprint density at radius 2 is 1.91 bits per heavy atom. The number of hydrogen-bond acceptors (Lipinski definition) is 4. The molecular weight excluding hydrogens is 340 g/mol. The SMILES string of the molecule is Cl.NS(=O)(=O)NCc1ccc(-c2ccnc3c2CC(=O)N3)cc1. The Morgan fingerprint density at radius 1 is 1.22 bits per heavy atom. The van der Waals surface area contributed by atoms with E-state index in [2.05, 4.69) is 15.0 Å². The number of hydrogen-bond donors (Lipinski definition) is 3. The summed E-state index contributed by atoms with van der Waals surface area (Å²) < 4.78 is 24.0. The molecule has 3 rings (SSSR count). The molecule has 23 heavy (non-hydrogen) atoms. The topological polar surface area (TPSA) is 114 Å².